The van der Waals surface area contributed by atoms with Crippen LogP contribution in [0.25, 0.3) is 0 Å². The number of imidazole rings is 1. The standard InChI is InChI=1S/C15H19N5/c1-12(2)15-19-7-9-20(15)8-3-5-17-14-10-13(11-16)4-6-18-14/h4,6-7,9-10,12H,3,5,8H2,1-2H3,(H,17,18). The molecule has 0 unspecified atom stereocenters. The minimum Gasteiger partial charge on any atom is -0.370 e. The number of aromatic nitrogens is 3. The Hall–Kier alpha value is -2.35. The maximum atomic E-state index is 8.83. The lowest BCUT2D eigenvalue weighted by Crippen LogP contribution is -2.10. The molecule has 2 heterocycles. The van der Waals surface area contributed by atoms with Crippen molar-refractivity contribution in [2.24, 2.45) is 0 Å². The molecule has 2 aromatic rings. The molecular formula is C15H19N5. The average Bonchev–Trinajstić information content (AvgIpc) is 2.92. The van der Waals surface area contributed by atoms with Gasteiger partial charge in [-0.3, -0.25) is 0 Å². The van der Waals surface area contributed by atoms with E-state index in [1.807, 2.05) is 12.4 Å². The van der Waals surface area contributed by atoms with Crippen molar-refractivity contribution in [2.45, 2.75) is 32.7 Å². The van der Waals surface area contributed by atoms with Gasteiger partial charge < -0.3 is 9.88 Å². The molecule has 0 aromatic carbocycles. The van der Waals surface area contributed by atoms with E-state index in [0.29, 0.717) is 11.5 Å². The predicted molar refractivity (Wildman–Crippen MR) is 78.4 cm³/mol. The zero-order valence-corrected chi connectivity index (χ0v) is 11.9. The first-order valence-corrected chi connectivity index (χ1v) is 6.81. The van der Waals surface area contributed by atoms with Gasteiger partial charge in [-0.25, -0.2) is 9.97 Å². The molecule has 0 fully saturated rings. The molecule has 0 spiro atoms. The Morgan fingerprint density at radius 1 is 1.35 bits per heavy atom. The van der Waals surface area contributed by atoms with Gasteiger partial charge in [0.05, 0.1) is 11.6 Å². The van der Waals surface area contributed by atoms with Crippen LogP contribution in [0.3, 0.4) is 0 Å². The number of nitriles is 1. The zero-order valence-electron chi connectivity index (χ0n) is 11.9. The largest absolute Gasteiger partial charge is 0.370 e. The summed E-state index contributed by atoms with van der Waals surface area (Å²) < 4.78 is 2.19. The molecule has 2 rings (SSSR count). The first-order valence-electron chi connectivity index (χ1n) is 6.81. The molecule has 0 bridgehead atoms. The van der Waals surface area contributed by atoms with Crippen molar-refractivity contribution in [1.82, 2.24) is 14.5 Å². The van der Waals surface area contributed by atoms with E-state index in [1.54, 1.807) is 18.3 Å². The van der Waals surface area contributed by atoms with Gasteiger partial charge in [-0.2, -0.15) is 5.26 Å². The van der Waals surface area contributed by atoms with Gasteiger partial charge in [0, 0.05) is 37.6 Å². The van der Waals surface area contributed by atoms with E-state index in [1.165, 1.54) is 0 Å². The van der Waals surface area contributed by atoms with Gasteiger partial charge in [0.15, 0.2) is 0 Å². The number of hydrogen-bond donors (Lipinski definition) is 1. The topological polar surface area (TPSA) is 66.5 Å². The number of aryl methyl sites for hydroxylation is 1. The normalized spacial score (nSPS) is 10.5. The lowest BCUT2D eigenvalue weighted by Gasteiger charge is -2.10. The Bertz CT molecular complexity index is 594. The van der Waals surface area contributed by atoms with Crippen LogP contribution in [0.5, 0.6) is 0 Å². The van der Waals surface area contributed by atoms with E-state index < -0.39 is 0 Å². The van der Waals surface area contributed by atoms with Crippen molar-refractivity contribution in [3.63, 3.8) is 0 Å². The number of hydrogen-bond acceptors (Lipinski definition) is 4. The summed E-state index contributed by atoms with van der Waals surface area (Å²) in [5.74, 6) is 2.31. The number of rotatable bonds is 6. The number of nitrogens with one attached hydrogen (secondary N) is 1. The quantitative estimate of drug-likeness (QED) is 0.819. The summed E-state index contributed by atoms with van der Waals surface area (Å²) in [6, 6.07) is 5.57. The molecule has 20 heavy (non-hydrogen) atoms. The van der Waals surface area contributed by atoms with Crippen LogP contribution in [-0.4, -0.2) is 21.1 Å². The van der Waals surface area contributed by atoms with Crippen LogP contribution in [0.4, 0.5) is 5.82 Å². The summed E-state index contributed by atoms with van der Waals surface area (Å²) in [4.78, 5) is 8.56. The van der Waals surface area contributed by atoms with Crippen LogP contribution in [0.2, 0.25) is 0 Å². The van der Waals surface area contributed by atoms with Crippen molar-refractivity contribution in [2.75, 3.05) is 11.9 Å². The Balaban J connectivity index is 1.82. The first-order chi connectivity index (χ1) is 9.70. The highest BCUT2D eigenvalue weighted by atomic mass is 15.1. The molecule has 0 aliphatic heterocycles. The van der Waals surface area contributed by atoms with Crippen LogP contribution in [0, 0.1) is 11.3 Å². The number of nitrogens with zero attached hydrogens (tertiary/aromatic N) is 4. The second-order valence-electron chi connectivity index (χ2n) is 4.96. The third-order valence-corrected chi connectivity index (χ3v) is 3.04. The highest BCUT2D eigenvalue weighted by molar-refractivity contribution is 5.42. The lowest BCUT2D eigenvalue weighted by molar-refractivity contribution is 0.600. The summed E-state index contributed by atoms with van der Waals surface area (Å²) in [6.45, 7) is 6.04. The SMILES string of the molecule is CC(C)c1nccn1CCCNc1cc(C#N)ccn1. The maximum Gasteiger partial charge on any atom is 0.127 e. The zero-order chi connectivity index (χ0) is 14.4. The van der Waals surface area contributed by atoms with E-state index in [-0.39, 0.29) is 0 Å². The molecule has 0 aliphatic carbocycles. The summed E-state index contributed by atoms with van der Waals surface area (Å²) in [7, 11) is 0. The molecule has 0 aliphatic rings. The second kappa shape index (κ2) is 6.71. The smallest absolute Gasteiger partial charge is 0.127 e. The molecule has 104 valence electrons. The Morgan fingerprint density at radius 2 is 2.20 bits per heavy atom. The second-order valence-corrected chi connectivity index (χ2v) is 4.96. The predicted octanol–water partition coefficient (Wildman–Crippen LogP) is 2.78. The fraction of sp³-hybridized carbons (Fsp3) is 0.400. The van der Waals surface area contributed by atoms with E-state index in [4.69, 9.17) is 5.26 Å². The molecule has 5 heteroatoms. The van der Waals surface area contributed by atoms with Crippen LogP contribution < -0.4 is 5.32 Å². The van der Waals surface area contributed by atoms with E-state index >= 15 is 0 Å². The van der Waals surface area contributed by atoms with Crippen molar-refractivity contribution in [1.29, 1.82) is 5.26 Å². The van der Waals surface area contributed by atoms with E-state index in [2.05, 4.69) is 39.8 Å². The van der Waals surface area contributed by atoms with Gasteiger partial charge >= 0.3 is 0 Å². The van der Waals surface area contributed by atoms with Crippen molar-refractivity contribution < 1.29 is 0 Å². The molecule has 0 amide bonds. The fourth-order valence-corrected chi connectivity index (χ4v) is 2.07. The highest BCUT2D eigenvalue weighted by Crippen LogP contribution is 2.12. The van der Waals surface area contributed by atoms with Gasteiger partial charge in [0.2, 0.25) is 0 Å². The highest BCUT2D eigenvalue weighted by Gasteiger charge is 2.06. The fourth-order valence-electron chi connectivity index (χ4n) is 2.07. The van der Waals surface area contributed by atoms with Crippen LogP contribution >= 0.6 is 0 Å². The summed E-state index contributed by atoms with van der Waals surface area (Å²) in [5, 5.41) is 12.1. The Morgan fingerprint density at radius 3 is 2.95 bits per heavy atom. The molecule has 0 saturated carbocycles. The Kier molecular flexibility index (Phi) is 4.72. The average molecular weight is 269 g/mol. The third kappa shape index (κ3) is 3.58. The van der Waals surface area contributed by atoms with Gasteiger partial charge in [-0.1, -0.05) is 13.8 Å². The molecule has 0 saturated heterocycles. The molecule has 0 radical (unpaired) electrons. The van der Waals surface area contributed by atoms with Gasteiger partial charge in [-0.15, -0.1) is 0 Å². The maximum absolute atomic E-state index is 8.83. The molecule has 2 aromatic heterocycles. The molecule has 5 nitrogen and oxygen atoms in total. The van der Waals surface area contributed by atoms with Crippen molar-refractivity contribution >= 4 is 5.82 Å². The van der Waals surface area contributed by atoms with E-state index in [9.17, 15) is 0 Å². The number of anilines is 1. The summed E-state index contributed by atoms with van der Waals surface area (Å²) >= 11 is 0. The Labute approximate surface area is 119 Å². The molecule has 0 atom stereocenters. The summed E-state index contributed by atoms with van der Waals surface area (Å²) in [6.07, 6.45) is 6.49. The van der Waals surface area contributed by atoms with E-state index in [0.717, 1.165) is 31.2 Å². The van der Waals surface area contributed by atoms with Gasteiger partial charge in [0.25, 0.3) is 0 Å². The van der Waals surface area contributed by atoms with Crippen LogP contribution in [0.15, 0.2) is 30.7 Å². The molecule has 1 N–H and O–H groups in total. The summed E-state index contributed by atoms with van der Waals surface area (Å²) in [5.41, 5.74) is 0.624. The number of pyridine rings is 1. The van der Waals surface area contributed by atoms with Crippen LogP contribution in [-0.2, 0) is 6.54 Å². The third-order valence-electron chi connectivity index (χ3n) is 3.04. The molecular weight excluding hydrogens is 250 g/mol. The lowest BCUT2D eigenvalue weighted by atomic mass is 10.2. The minimum absolute atomic E-state index is 0.437. The van der Waals surface area contributed by atoms with Crippen molar-refractivity contribution in [3.05, 3.63) is 42.1 Å². The van der Waals surface area contributed by atoms with Gasteiger partial charge in [-0.05, 0) is 18.6 Å². The van der Waals surface area contributed by atoms with Crippen molar-refractivity contribution in [3.8, 4) is 6.07 Å². The minimum atomic E-state index is 0.437. The van der Waals surface area contributed by atoms with Gasteiger partial charge in [0.1, 0.15) is 11.6 Å². The first kappa shape index (κ1) is 14.1. The van der Waals surface area contributed by atoms with Crippen LogP contribution in [0.1, 0.15) is 37.6 Å². The monoisotopic (exact) mass is 269 g/mol.